The third-order valence-electron chi connectivity index (χ3n) is 4.34. The number of aromatic nitrogens is 4. The van der Waals surface area contributed by atoms with E-state index in [1.807, 2.05) is 13.8 Å². The first-order valence-corrected chi connectivity index (χ1v) is 7.60. The Bertz CT molecular complexity index is 657. The van der Waals surface area contributed by atoms with Gasteiger partial charge in [0.1, 0.15) is 6.33 Å². The zero-order chi connectivity index (χ0) is 14.8. The lowest BCUT2D eigenvalue weighted by Crippen LogP contribution is -2.32. The van der Waals surface area contributed by atoms with Gasteiger partial charge in [0.15, 0.2) is 5.65 Å². The molecule has 2 aromatic heterocycles. The molecule has 3 rings (SSSR count). The largest absolute Gasteiger partial charge is 0.353 e. The summed E-state index contributed by atoms with van der Waals surface area (Å²) in [4.78, 5) is 12.0. The molecule has 2 heterocycles. The normalized spacial score (nSPS) is 15.7. The van der Waals surface area contributed by atoms with Crippen molar-refractivity contribution >= 4 is 11.6 Å². The smallest absolute Gasteiger partial charge is 0.220 e. The summed E-state index contributed by atoms with van der Waals surface area (Å²) >= 11 is 0. The molecule has 0 atom stereocenters. The van der Waals surface area contributed by atoms with Crippen molar-refractivity contribution in [3.05, 3.63) is 23.1 Å². The summed E-state index contributed by atoms with van der Waals surface area (Å²) in [6.45, 7) is 3.99. The highest BCUT2D eigenvalue weighted by Gasteiger charge is 2.18. The third kappa shape index (κ3) is 2.89. The molecule has 0 aliphatic heterocycles. The first kappa shape index (κ1) is 14.0. The van der Waals surface area contributed by atoms with E-state index in [-0.39, 0.29) is 5.91 Å². The van der Waals surface area contributed by atoms with E-state index in [2.05, 4.69) is 20.6 Å². The fraction of sp³-hybridized carbons (Fsp3) is 0.600. The molecule has 1 aliphatic rings. The Balaban J connectivity index is 1.68. The molecule has 1 saturated carbocycles. The average Bonchev–Trinajstić information content (AvgIpc) is 3.09. The first-order valence-electron chi connectivity index (χ1n) is 7.60. The Morgan fingerprint density at radius 3 is 2.90 bits per heavy atom. The van der Waals surface area contributed by atoms with Gasteiger partial charge in [0.05, 0.1) is 5.69 Å². The highest BCUT2D eigenvalue weighted by Crippen LogP contribution is 2.19. The van der Waals surface area contributed by atoms with Gasteiger partial charge < -0.3 is 5.32 Å². The number of nitrogens with one attached hydrogen (secondary N) is 1. The second kappa shape index (κ2) is 5.79. The third-order valence-corrected chi connectivity index (χ3v) is 4.34. The highest BCUT2D eigenvalue weighted by atomic mass is 16.1. The molecule has 1 aliphatic carbocycles. The van der Waals surface area contributed by atoms with E-state index in [1.165, 1.54) is 12.8 Å². The van der Waals surface area contributed by atoms with Crippen LogP contribution in [0.2, 0.25) is 0 Å². The quantitative estimate of drug-likeness (QED) is 0.929. The summed E-state index contributed by atoms with van der Waals surface area (Å²) in [6, 6.07) is 0.386. The van der Waals surface area contributed by atoms with Crippen LogP contribution in [0.1, 0.15) is 48.9 Å². The lowest BCUT2D eigenvalue weighted by Gasteiger charge is -2.13. The Labute approximate surface area is 124 Å². The van der Waals surface area contributed by atoms with Gasteiger partial charge in [-0.2, -0.15) is 5.10 Å². The molecule has 0 bridgehead atoms. The van der Waals surface area contributed by atoms with Gasteiger partial charge in [-0.3, -0.25) is 4.79 Å². The number of fused-ring (bicyclic) bond motifs is 1. The monoisotopic (exact) mass is 287 g/mol. The van der Waals surface area contributed by atoms with Crippen LogP contribution in [0, 0.1) is 13.8 Å². The lowest BCUT2D eigenvalue weighted by atomic mass is 10.0. The topological polar surface area (TPSA) is 72.2 Å². The maximum Gasteiger partial charge on any atom is 0.220 e. The van der Waals surface area contributed by atoms with Crippen LogP contribution in [0.3, 0.4) is 0 Å². The molecule has 0 unspecified atom stereocenters. The zero-order valence-corrected chi connectivity index (χ0v) is 12.6. The molecule has 21 heavy (non-hydrogen) atoms. The van der Waals surface area contributed by atoms with Gasteiger partial charge in [-0.25, -0.2) is 4.52 Å². The molecule has 0 saturated heterocycles. The van der Waals surface area contributed by atoms with Crippen LogP contribution in [-0.2, 0) is 11.2 Å². The van der Waals surface area contributed by atoms with E-state index in [0.29, 0.717) is 18.9 Å². The molecule has 1 N–H and O–H groups in total. The summed E-state index contributed by atoms with van der Waals surface area (Å²) in [7, 11) is 0. The van der Waals surface area contributed by atoms with Crippen molar-refractivity contribution < 1.29 is 4.79 Å². The van der Waals surface area contributed by atoms with E-state index in [0.717, 1.165) is 35.3 Å². The van der Waals surface area contributed by atoms with Crippen molar-refractivity contribution in [2.45, 2.75) is 58.4 Å². The maximum absolute atomic E-state index is 12.0. The standard InChI is InChI=1S/C15H21N5O/c1-10-13(11(2)19-20-9-16-18-15(10)20)7-8-14(21)17-12-5-3-4-6-12/h9,12H,3-8H2,1-2H3,(H,17,21). The summed E-state index contributed by atoms with van der Waals surface area (Å²) in [5.41, 5.74) is 3.88. The van der Waals surface area contributed by atoms with Crippen LogP contribution in [-0.4, -0.2) is 31.8 Å². The predicted molar refractivity (Wildman–Crippen MR) is 79.0 cm³/mol. The Hall–Kier alpha value is -1.98. The minimum Gasteiger partial charge on any atom is -0.353 e. The average molecular weight is 287 g/mol. The predicted octanol–water partition coefficient (Wildman–Crippen LogP) is 1.73. The summed E-state index contributed by atoms with van der Waals surface area (Å²) in [5, 5.41) is 15.5. The lowest BCUT2D eigenvalue weighted by molar-refractivity contribution is -0.121. The summed E-state index contributed by atoms with van der Waals surface area (Å²) in [6.07, 6.45) is 7.52. The van der Waals surface area contributed by atoms with Gasteiger partial charge >= 0.3 is 0 Å². The van der Waals surface area contributed by atoms with Crippen molar-refractivity contribution in [2.75, 3.05) is 0 Å². The molecule has 1 fully saturated rings. The van der Waals surface area contributed by atoms with Crippen LogP contribution in [0.4, 0.5) is 0 Å². The SMILES string of the molecule is Cc1nn2cnnc2c(C)c1CCC(=O)NC1CCCC1. The summed E-state index contributed by atoms with van der Waals surface area (Å²) in [5.74, 6) is 0.141. The number of nitrogens with zero attached hydrogens (tertiary/aromatic N) is 4. The van der Waals surface area contributed by atoms with Crippen LogP contribution in [0.25, 0.3) is 5.65 Å². The number of hydrogen-bond acceptors (Lipinski definition) is 4. The van der Waals surface area contributed by atoms with Gasteiger partial charge in [-0.15, -0.1) is 10.2 Å². The van der Waals surface area contributed by atoms with Gasteiger partial charge in [0.25, 0.3) is 0 Å². The van der Waals surface area contributed by atoms with Gasteiger partial charge in [0, 0.05) is 18.0 Å². The van der Waals surface area contributed by atoms with Crippen LogP contribution in [0.5, 0.6) is 0 Å². The molecule has 0 spiro atoms. The molecule has 0 aromatic carbocycles. The van der Waals surface area contributed by atoms with E-state index in [1.54, 1.807) is 10.8 Å². The van der Waals surface area contributed by atoms with Crippen LogP contribution in [0.15, 0.2) is 6.33 Å². The second-order valence-corrected chi connectivity index (χ2v) is 5.84. The van der Waals surface area contributed by atoms with E-state index < -0.39 is 0 Å². The molecular weight excluding hydrogens is 266 g/mol. The molecule has 6 heteroatoms. The van der Waals surface area contributed by atoms with Crippen molar-refractivity contribution in [1.29, 1.82) is 0 Å². The molecule has 2 aromatic rings. The van der Waals surface area contributed by atoms with Crippen molar-refractivity contribution in [1.82, 2.24) is 25.1 Å². The number of amides is 1. The van der Waals surface area contributed by atoms with Gasteiger partial charge in [-0.1, -0.05) is 12.8 Å². The Kier molecular flexibility index (Phi) is 3.86. The fourth-order valence-electron chi connectivity index (χ4n) is 3.16. The number of aryl methyl sites for hydroxylation is 2. The zero-order valence-electron chi connectivity index (χ0n) is 12.6. The fourth-order valence-corrected chi connectivity index (χ4v) is 3.16. The second-order valence-electron chi connectivity index (χ2n) is 5.84. The number of carbonyl (C=O) groups is 1. The number of hydrogen-bond donors (Lipinski definition) is 1. The Morgan fingerprint density at radius 2 is 2.14 bits per heavy atom. The molecule has 112 valence electrons. The van der Waals surface area contributed by atoms with Crippen LogP contribution >= 0.6 is 0 Å². The minimum atomic E-state index is 0.141. The van der Waals surface area contributed by atoms with E-state index >= 15 is 0 Å². The Morgan fingerprint density at radius 1 is 1.38 bits per heavy atom. The minimum absolute atomic E-state index is 0.141. The maximum atomic E-state index is 12.0. The highest BCUT2D eigenvalue weighted by molar-refractivity contribution is 5.76. The first-order chi connectivity index (χ1) is 10.1. The number of carbonyl (C=O) groups excluding carboxylic acids is 1. The molecular formula is C15H21N5O. The van der Waals surface area contributed by atoms with Crippen molar-refractivity contribution in [3.63, 3.8) is 0 Å². The van der Waals surface area contributed by atoms with Crippen LogP contribution < -0.4 is 5.32 Å². The van der Waals surface area contributed by atoms with E-state index in [9.17, 15) is 4.79 Å². The van der Waals surface area contributed by atoms with Gasteiger partial charge in [-0.05, 0) is 38.7 Å². The molecule has 1 amide bonds. The van der Waals surface area contributed by atoms with Crippen molar-refractivity contribution in [3.8, 4) is 0 Å². The van der Waals surface area contributed by atoms with E-state index in [4.69, 9.17) is 0 Å². The van der Waals surface area contributed by atoms with Gasteiger partial charge in [0.2, 0.25) is 5.91 Å². The summed E-state index contributed by atoms with van der Waals surface area (Å²) < 4.78 is 1.69. The molecule has 0 radical (unpaired) electrons. The number of rotatable bonds is 4. The van der Waals surface area contributed by atoms with Crippen molar-refractivity contribution in [2.24, 2.45) is 0 Å². The molecule has 6 nitrogen and oxygen atoms in total.